The van der Waals surface area contributed by atoms with E-state index in [1.807, 2.05) is 0 Å². The van der Waals surface area contributed by atoms with Crippen LogP contribution in [0.4, 0.5) is 18.9 Å². The molecular formula is C13H7F3N2O2. The Hall–Kier alpha value is -2.57. The highest BCUT2D eigenvalue weighted by Gasteiger charge is 2.31. The Morgan fingerprint density at radius 2 is 1.85 bits per heavy atom. The third-order valence-electron chi connectivity index (χ3n) is 3.14. The number of halogens is 3. The number of aromatic amines is 1. The number of nitro groups is 1. The molecule has 0 aliphatic heterocycles. The largest absolute Gasteiger partial charge is 0.416 e. The molecule has 0 aliphatic carbocycles. The number of hydrogen-bond donors (Lipinski definition) is 1. The van der Waals surface area contributed by atoms with Gasteiger partial charge in [-0.05, 0) is 12.1 Å². The van der Waals surface area contributed by atoms with E-state index in [2.05, 4.69) is 4.98 Å². The van der Waals surface area contributed by atoms with E-state index in [-0.39, 0.29) is 16.7 Å². The Morgan fingerprint density at radius 1 is 1.10 bits per heavy atom. The van der Waals surface area contributed by atoms with Crippen LogP contribution in [0, 0.1) is 10.1 Å². The normalized spacial score (nSPS) is 12.2. The smallest absolute Gasteiger partial charge is 0.349 e. The number of non-ortho nitro benzene ring substituents is 1. The molecule has 3 aromatic rings. The summed E-state index contributed by atoms with van der Waals surface area (Å²) in [5.41, 5.74) is -0.498. The molecule has 0 spiro atoms. The van der Waals surface area contributed by atoms with Crippen LogP contribution in [0.5, 0.6) is 0 Å². The molecule has 0 atom stereocenters. The predicted molar refractivity (Wildman–Crippen MR) is 67.5 cm³/mol. The highest BCUT2D eigenvalue weighted by Crippen LogP contribution is 2.35. The van der Waals surface area contributed by atoms with E-state index in [1.165, 1.54) is 18.2 Å². The van der Waals surface area contributed by atoms with Gasteiger partial charge in [0, 0.05) is 22.4 Å². The third kappa shape index (κ3) is 1.78. The summed E-state index contributed by atoms with van der Waals surface area (Å²) in [7, 11) is 0. The summed E-state index contributed by atoms with van der Waals surface area (Å²) >= 11 is 0. The molecule has 3 rings (SSSR count). The minimum Gasteiger partial charge on any atom is -0.349 e. The Balaban J connectivity index is 2.36. The SMILES string of the molecule is O=[N+]([O-])c1cccc2c1[nH]c1cc(C(F)(F)F)ccc12. The Labute approximate surface area is 110 Å². The summed E-state index contributed by atoms with van der Waals surface area (Å²) < 4.78 is 38.0. The molecule has 0 radical (unpaired) electrons. The second-order valence-corrected chi connectivity index (χ2v) is 4.34. The first-order chi connectivity index (χ1) is 9.38. The number of nitrogens with zero attached hydrogens (tertiary/aromatic N) is 1. The minimum atomic E-state index is -4.45. The predicted octanol–water partition coefficient (Wildman–Crippen LogP) is 4.25. The maximum atomic E-state index is 12.7. The number of benzene rings is 2. The van der Waals surface area contributed by atoms with Gasteiger partial charge in [-0.1, -0.05) is 18.2 Å². The minimum absolute atomic E-state index is 0.160. The molecule has 0 aliphatic rings. The molecule has 7 heteroatoms. The quantitative estimate of drug-likeness (QED) is 0.535. The molecule has 20 heavy (non-hydrogen) atoms. The molecule has 0 saturated carbocycles. The fourth-order valence-corrected chi connectivity index (χ4v) is 2.24. The van der Waals surface area contributed by atoms with Crippen LogP contribution in [0.25, 0.3) is 21.8 Å². The van der Waals surface area contributed by atoms with Crippen molar-refractivity contribution in [2.75, 3.05) is 0 Å². The zero-order valence-corrected chi connectivity index (χ0v) is 9.86. The molecule has 0 unspecified atom stereocenters. The van der Waals surface area contributed by atoms with Crippen molar-refractivity contribution in [3.63, 3.8) is 0 Å². The number of alkyl halides is 3. The van der Waals surface area contributed by atoms with Crippen LogP contribution in [0.1, 0.15) is 5.56 Å². The fraction of sp³-hybridized carbons (Fsp3) is 0.0769. The van der Waals surface area contributed by atoms with Gasteiger partial charge in [0.05, 0.1) is 10.5 Å². The van der Waals surface area contributed by atoms with Gasteiger partial charge in [0.15, 0.2) is 0 Å². The van der Waals surface area contributed by atoms with E-state index < -0.39 is 16.7 Å². The van der Waals surface area contributed by atoms with Gasteiger partial charge in [0.1, 0.15) is 5.52 Å². The van der Waals surface area contributed by atoms with Crippen LogP contribution < -0.4 is 0 Å². The summed E-state index contributed by atoms with van der Waals surface area (Å²) in [6, 6.07) is 7.69. The lowest BCUT2D eigenvalue weighted by atomic mass is 10.1. The number of hydrogen-bond acceptors (Lipinski definition) is 2. The van der Waals surface area contributed by atoms with Crippen molar-refractivity contribution in [2.45, 2.75) is 6.18 Å². The summed E-state index contributed by atoms with van der Waals surface area (Å²) in [5.74, 6) is 0. The molecule has 1 heterocycles. The maximum absolute atomic E-state index is 12.7. The van der Waals surface area contributed by atoms with Crippen LogP contribution in [0.2, 0.25) is 0 Å². The number of fused-ring (bicyclic) bond motifs is 3. The fourth-order valence-electron chi connectivity index (χ4n) is 2.24. The standard InChI is InChI=1S/C13H7F3N2O2/c14-13(15,16)7-4-5-8-9-2-1-3-11(18(19)20)12(9)17-10(8)6-7/h1-6,17H. The molecule has 0 fully saturated rings. The van der Waals surface area contributed by atoms with Gasteiger partial charge in [-0.3, -0.25) is 10.1 Å². The number of aromatic nitrogens is 1. The number of rotatable bonds is 1. The molecule has 2 aromatic carbocycles. The number of para-hydroxylation sites is 1. The van der Waals surface area contributed by atoms with Crippen molar-refractivity contribution in [1.29, 1.82) is 0 Å². The molecule has 4 nitrogen and oxygen atoms in total. The first-order valence-electron chi connectivity index (χ1n) is 5.64. The van der Waals surface area contributed by atoms with Crippen LogP contribution >= 0.6 is 0 Å². The van der Waals surface area contributed by atoms with Gasteiger partial charge in [-0.2, -0.15) is 13.2 Å². The van der Waals surface area contributed by atoms with E-state index in [1.54, 1.807) is 6.07 Å². The topological polar surface area (TPSA) is 58.9 Å². The average Bonchev–Trinajstić information content (AvgIpc) is 2.74. The van der Waals surface area contributed by atoms with Gasteiger partial charge < -0.3 is 4.98 Å². The molecule has 0 bridgehead atoms. The van der Waals surface area contributed by atoms with Crippen molar-refractivity contribution in [2.24, 2.45) is 0 Å². The van der Waals surface area contributed by atoms with E-state index in [0.717, 1.165) is 12.1 Å². The summed E-state index contributed by atoms with van der Waals surface area (Å²) in [6.45, 7) is 0. The van der Waals surface area contributed by atoms with E-state index in [0.29, 0.717) is 10.8 Å². The number of nitro benzene ring substituents is 1. The summed E-state index contributed by atoms with van der Waals surface area (Å²) in [5, 5.41) is 12.0. The van der Waals surface area contributed by atoms with Crippen molar-refractivity contribution >= 4 is 27.5 Å². The molecule has 0 saturated heterocycles. The zero-order valence-electron chi connectivity index (χ0n) is 9.86. The lowest BCUT2D eigenvalue weighted by Gasteiger charge is -2.05. The van der Waals surface area contributed by atoms with E-state index in [4.69, 9.17) is 0 Å². The highest BCUT2D eigenvalue weighted by atomic mass is 19.4. The summed E-state index contributed by atoms with van der Waals surface area (Å²) in [6.07, 6.45) is -4.45. The number of nitrogens with one attached hydrogen (secondary N) is 1. The highest BCUT2D eigenvalue weighted by molar-refractivity contribution is 6.10. The summed E-state index contributed by atoms with van der Waals surface area (Å²) in [4.78, 5) is 13.1. The molecule has 0 amide bonds. The molecular weight excluding hydrogens is 273 g/mol. The first kappa shape index (κ1) is 12.5. The van der Waals surface area contributed by atoms with Crippen LogP contribution in [-0.2, 0) is 6.18 Å². The van der Waals surface area contributed by atoms with Crippen LogP contribution in [0.15, 0.2) is 36.4 Å². The second kappa shape index (κ2) is 3.96. The lowest BCUT2D eigenvalue weighted by molar-refractivity contribution is -0.383. The van der Waals surface area contributed by atoms with E-state index >= 15 is 0 Å². The first-order valence-corrected chi connectivity index (χ1v) is 5.64. The Morgan fingerprint density at radius 3 is 2.50 bits per heavy atom. The van der Waals surface area contributed by atoms with Crippen LogP contribution in [0.3, 0.4) is 0 Å². The van der Waals surface area contributed by atoms with Crippen molar-refractivity contribution in [1.82, 2.24) is 4.98 Å². The zero-order chi connectivity index (χ0) is 14.5. The molecule has 102 valence electrons. The lowest BCUT2D eigenvalue weighted by Crippen LogP contribution is -2.03. The van der Waals surface area contributed by atoms with E-state index in [9.17, 15) is 23.3 Å². The van der Waals surface area contributed by atoms with Gasteiger partial charge >= 0.3 is 6.18 Å². The van der Waals surface area contributed by atoms with Crippen molar-refractivity contribution < 1.29 is 18.1 Å². The van der Waals surface area contributed by atoms with Crippen molar-refractivity contribution in [3.8, 4) is 0 Å². The molecule has 1 aromatic heterocycles. The Bertz CT molecular complexity index is 837. The van der Waals surface area contributed by atoms with Gasteiger partial charge in [-0.25, -0.2) is 0 Å². The Kier molecular flexibility index (Phi) is 2.47. The number of H-pyrrole nitrogens is 1. The monoisotopic (exact) mass is 280 g/mol. The maximum Gasteiger partial charge on any atom is 0.416 e. The second-order valence-electron chi connectivity index (χ2n) is 4.34. The third-order valence-corrected chi connectivity index (χ3v) is 3.14. The van der Waals surface area contributed by atoms with Gasteiger partial charge in [0.2, 0.25) is 0 Å². The van der Waals surface area contributed by atoms with Gasteiger partial charge in [-0.15, -0.1) is 0 Å². The average molecular weight is 280 g/mol. The van der Waals surface area contributed by atoms with Crippen molar-refractivity contribution in [3.05, 3.63) is 52.1 Å². The molecule has 1 N–H and O–H groups in total. The van der Waals surface area contributed by atoms with Crippen LogP contribution in [-0.4, -0.2) is 9.91 Å². The van der Waals surface area contributed by atoms with Gasteiger partial charge in [0.25, 0.3) is 5.69 Å².